The molecule has 2 aliphatic heterocycles. The zero-order valence-electron chi connectivity index (χ0n) is 17.7. The molecule has 0 aromatic heterocycles. The minimum absolute atomic E-state index is 0.0643. The first-order chi connectivity index (χ1) is 14.0. The Morgan fingerprint density at radius 1 is 1.17 bits per heavy atom. The van der Waals surface area contributed by atoms with Crippen LogP contribution in [0, 0.1) is 20.8 Å². The molecule has 4 nitrogen and oxygen atoms in total. The number of carbonyl (C=O) groups is 1. The van der Waals surface area contributed by atoms with Crippen LogP contribution in [0.5, 0.6) is 0 Å². The summed E-state index contributed by atoms with van der Waals surface area (Å²) in [4.78, 5) is 12.1. The van der Waals surface area contributed by atoms with Gasteiger partial charge < -0.3 is 14.8 Å². The molecule has 2 heterocycles. The monoisotopic (exact) mass is 391 g/mol. The van der Waals surface area contributed by atoms with Crippen molar-refractivity contribution in [3.8, 4) is 11.1 Å². The molecule has 1 unspecified atom stereocenters. The minimum Gasteiger partial charge on any atom is -0.493 e. The molecule has 0 aliphatic carbocycles. The van der Waals surface area contributed by atoms with Crippen molar-refractivity contribution >= 4 is 17.4 Å². The van der Waals surface area contributed by atoms with Crippen LogP contribution in [0.1, 0.15) is 48.4 Å². The molecule has 2 aromatic rings. The van der Waals surface area contributed by atoms with Gasteiger partial charge in [0.2, 0.25) is 0 Å². The zero-order valence-corrected chi connectivity index (χ0v) is 17.7. The van der Waals surface area contributed by atoms with Gasteiger partial charge in [-0.1, -0.05) is 23.8 Å². The Bertz CT molecular complexity index is 967. The molecule has 152 valence electrons. The van der Waals surface area contributed by atoms with Crippen LogP contribution in [0.4, 0.5) is 5.69 Å². The van der Waals surface area contributed by atoms with E-state index in [0.717, 1.165) is 36.5 Å². The number of ether oxygens (including phenoxy) is 2. The van der Waals surface area contributed by atoms with Gasteiger partial charge in [0, 0.05) is 11.3 Å². The standard InChI is InChI=1S/C25H29NO3/c1-5-28-23(27)14-22-19-7-6-10-29-25(19)20-13-18(8-9-21(20)26-22)24-16(3)11-15(2)12-17(24)4/h8-9,11-13,22,26H,5-7,10,14H2,1-4H3. The Morgan fingerprint density at radius 3 is 2.66 bits per heavy atom. The van der Waals surface area contributed by atoms with Gasteiger partial charge in [-0.15, -0.1) is 0 Å². The lowest BCUT2D eigenvalue weighted by Gasteiger charge is -2.34. The number of benzene rings is 2. The van der Waals surface area contributed by atoms with E-state index in [9.17, 15) is 4.79 Å². The summed E-state index contributed by atoms with van der Waals surface area (Å²) in [6.45, 7) is 9.44. The molecule has 4 rings (SSSR count). The van der Waals surface area contributed by atoms with Crippen molar-refractivity contribution in [2.24, 2.45) is 0 Å². The first-order valence-corrected chi connectivity index (χ1v) is 10.5. The second kappa shape index (κ2) is 7.94. The van der Waals surface area contributed by atoms with E-state index >= 15 is 0 Å². The molecule has 29 heavy (non-hydrogen) atoms. The van der Waals surface area contributed by atoms with Crippen LogP contribution in [0.15, 0.2) is 35.9 Å². The maximum Gasteiger partial charge on any atom is 0.308 e. The van der Waals surface area contributed by atoms with Gasteiger partial charge in [0.1, 0.15) is 5.76 Å². The first kappa shape index (κ1) is 19.6. The molecule has 0 saturated carbocycles. The number of carbonyl (C=O) groups excluding carboxylic acids is 1. The van der Waals surface area contributed by atoms with E-state index in [4.69, 9.17) is 9.47 Å². The number of hydrogen-bond acceptors (Lipinski definition) is 4. The molecule has 0 radical (unpaired) electrons. The van der Waals surface area contributed by atoms with E-state index in [1.165, 1.54) is 33.4 Å². The highest BCUT2D eigenvalue weighted by molar-refractivity contribution is 5.86. The van der Waals surface area contributed by atoms with Gasteiger partial charge in [0.15, 0.2) is 0 Å². The number of anilines is 1. The Morgan fingerprint density at radius 2 is 1.93 bits per heavy atom. The van der Waals surface area contributed by atoms with Gasteiger partial charge in [0.25, 0.3) is 0 Å². The third-order valence-electron chi connectivity index (χ3n) is 5.78. The summed E-state index contributed by atoms with van der Waals surface area (Å²) in [6, 6.07) is 10.9. The zero-order chi connectivity index (χ0) is 20.5. The van der Waals surface area contributed by atoms with Crippen molar-refractivity contribution in [2.75, 3.05) is 18.5 Å². The van der Waals surface area contributed by atoms with Gasteiger partial charge in [-0.05, 0) is 80.5 Å². The van der Waals surface area contributed by atoms with Crippen molar-refractivity contribution in [3.05, 3.63) is 58.2 Å². The highest BCUT2D eigenvalue weighted by atomic mass is 16.5. The third-order valence-corrected chi connectivity index (χ3v) is 5.78. The van der Waals surface area contributed by atoms with Crippen LogP contribution in [-0.4, -0.2) is 25.2 Å². The molecule has 1 atom stereocenters. The number of aryl methyl sites for hydroxylation is 3. The second-order valence-corrected chi connectivity index (χ2v) is 8.05. The van der Waals surface area contributed by atoms with Crippen molar-refractivity contribution in [1.82, 2.24) is 0 Å². The molecule has 0 bridgehead atoms. The van der Waals surface area contributed by atoms with Crippen molar-refractivity contribution < 1.29 is 14.3 Å². The van der Waals surface area contributed by atoms with Crippen LogP contribution in [-0.2, 0) is 14.3 Å². The lowest BCUT2D eigenvalue weighted by molar-refractivity contribution is -0.143. The van der Waals surface area contributed by atoms with Crippen molar-refractivity contribution in [3.63, 3.8) is 0 Å². The van der Waals surface area contributed by atoms with Crippen molar-refractivity contribution in [2.45, 2.75) is 53.0 Å². The van der Waals surface area contributed by atoms with E-state index in [1.807, 2.05) is 6.92 Å². The highest BCUT2D eigenvalue weighted by Gasteiger charge is 2.32. The molecular formula is C25H29NO3. The molecule has 0 amide bonds. The quantitative estimate of drug-likeness (QED) is 0.695. The Labute approximate surface area is 172 Å². The summed E-state index contributed by atoms with van der Waals surface area (Å²) in [7, 11) is 0. The molecule has 0 saturated heterocycles. The number of esters is 1. The Balaban J connectivity index is 1.76. The topological polar surface area (TPSA) is 47.6 Å². The van der Waals surface area contributed by atoms with E-state index in [1.54, 1.807) is 0 Å². The smallest absolute Gasteiger partial charge is 0.308 e. The lowest BCUT2D eigenvalue weighted by Crippen LogP contribution is -2.32. The minimum atomic E-state index is -0.173. The first-order valence-electron chi connectivity index (χ1n) is 10.5. The molecule has 1 N–H and O–H groups in total. The van der Waals surface area contributed by atoms with E-state index < -0.39 is 0 Å². The predicted molar refractivity (Wildman–Crippen MR) is 117 cm³/mol. The average molecular weight is 392 g/mol. The van der Waals surface area contributed by atoms with Gasteiger partial charge in [0.05, 0.1) is 25.7 Å². The van der Waals surface area contributed by atoms with Crippen LogP contribution < -0.4 is 5.32 Å². The lowest BCUT2D eigenvalue weighted by atomic mass is 9.86. The van der Waals surface area contributed by atoms with Crippen LogP contribution in [0.3, 0.4) is 0 Å². The Hall–Kier alpha value is -2.75. The van der Waals surface area contributed by atoms with Gasteiger partial charge in [-0.25, -0.2) is 0 Å². The van der Waals surface area contributed by atoms with Gasteiger partial charge >= 0.3 is 5.97 Å². The average Bonchev–Trinajstić information content (AvgIpc) is 2.68. The van der Waals surface area contributed by atoms with Crippen molar-refractivity contribution in [1.29, 1.82) is 0 Å². The maximum atomic E-state index is 12.1. The summed E-state index contributed by atoms with van der Waals surface area (Å²) in [5.74, 6) is 0.775. The summed E-state index contributed by atoms with van der Waals surface area (Å²) in [6.07, 6.45) is 2.25. The largest absolute Gasteiger partial charge is 0.493 e. The summed E-state index contributed by atoms with van der Waals surface area (Å²) in [5, 5.41) is 3.56. The molecule has 2 aromatic carbocycles. The van der Waals surface area contributed by atoms with Crippen LogP contribution in [0.2, 0.25) is 0 Å². The maximum absolute atomic E-state index is 12.1. The van der Waals surface area contributed by atoms with Gasteiger partial charge in [-0.2, -0.15) is 0 Å². The normalized spacial score (nSPS) is 17.7. The summed E-state index contributed by atoms with van der Waals surface area (Å²) in [5.41, 5.74) is 9.63. The molecule has 0 fully saturated rings. The fourth-order valence-corrected chi connectivity index (χ4v) is 4.71. The van der Waals surface area contributed by atoms with E-state index in [-0.39, 0.29) is 12.0 Å². The Kier molecular flexibility index (Phi) is 5.35. The molecule has 0 spiro atoms. The summed E-state index contributed by atoms with van der Waals surface area (Å²) < 4.78 is 11.3. The number of rotatable bonds is 4. The third kappa shape index (κ3) is 3.76. The van der Waals surface area contributed by atoms with E-state index in [2.05, 4.69) is 56.4 Å². The highest BCUT2D eigenvalue weighted by Crippen LogP contribution is 2.42. The fraction of sp³-hybridized carbons (Fsp3) is 0.400. The predicted octanol–water partition coefficient (Wildman–Crippen LogP) is 5.55. The number of fused-ring (bicyclic) bond motifs is 2. The van der Waals surface area contributed by atoms with Crippen LogP contribution in [0.25, 0.3) is 16.9 Å². The van der Waals surface area contributed by atoms with E-state index in [0.29, 0.717) is 13.0 Å². The molecular weight excluding hydrogens is 362 g/mol. The second-order valence-electron chi connectivity index (χ2n) is 8.05. The molecule has 4 heteroatoms. The fourth-order valence-electron chi connectivity index (χ4n) is 4.71. The SMILES string of the molecule is CCOC(=O)CC1Nc2ccc(-c3c(C)cc(C)cc3C)cc2C2=C1CCCO2. The summed E-state index contributed by atoms with van der Waals surface area (Å²) >= 11 is 0. The number of hydrogen-bond donors (Lipinski definition) is 1. The number of nitrogens with one attached hydrogen (secondary N) is 1. The molecule has 2 aliphatic rings. The van der Waals surface area contributed by atoms with Crippen LogP contribution >= 0.6 is 0 Å². The van der Waals surface area contributed by atoms with Gasteiger partial charge in [-0.3, -0.25) is 4.79 Å².